The van der Waals surface area contributed by atoms with Crippen LogP contribution in [0.5, 0.6) is 0 Å². The molecule has 0 aromatic heterocycles. The molecule has 0 aliphatic carbocycles. The molecule has 0 spiro atoms. The molecule has 2 saturated heterocycles. The van der Waals surface area contributed by atoms with Crippen molar-refractivity contribution in [1.29, 1.82) is 0 Å². The zero-order valence-corrected chi connectivity index (χ0v) is 15.3. The minimum Gasteiger partial charge on any atom is -0.466 e. The normalized spacial score (nSPS) is 20.3. The third-order valence-corrected chi connectivity index (χ3v) is 5.09. The van der Waals surface area contributed by atoms with Crippen molar-refractivity contribution in [1.82, 2.24) is 4.90 Å². The summed E-state index contributed by atoms with van der Waals surface area (Å²) in [5, 5.41) is 0. The summed E-state index contributed by atoms with van der Waals surface area (Å²) < 4.78 is 5.05. The number of hydrogen-bond donors (Lipinski definition) is 0. The van der Waals surface area contributed by atoms with E-state index < -0.39 is 0 Å². The minimum absolute atomic E-state index is 0.0571. The average Bonchev–Trinajstić information content (AvgIpc) is 3.08. The van der Waals surface area contributed by atoms with Crippen LogP contribution in [0.25, 0.3) is 0 Å². The lowest BCUT2D eigenvalue weighted by Crippen LogP contribution is -2.45. The maximum Gasteiger partial charge on any atom is 0.307 e. The molecule has 2 heterocycles. The van der Waals surface area contributed by atoms with Crippen molar-refractivity contribution < 1.29 is 19.1 Å². The summed E-state index contributed by atoms with van der Waals surface area (Å²) in [6, 6.07) is 7.12. The number of carbonyl (C=O) groups is 3. The van der Waals surface area contributed by atoms with Crippen LogP contribution in [0.1, 0.15) is 55.8 Å². The van der Waals surface area contributed by atoms with Gasteiger partial charge >= 0.3 is 5.97 Å². The molecule has 26 heavy (non-hydrogen) atoms. The van der Waals surface area contributed by atoms with E-state index in [9.17, 15) is 14.4 Å². The summed E-state index contributed by atoms with van der Waals surface area (Å²) in [4.78, 5) is 40.2. The van der Waals surface area contributed by atoms with Crippen molar-refractivity contribution >= 4 is 23.5 Å². The third kappa shape index (κ3) is 4.06. The number of likely N-dealkylation sites (tertiary alicyclic amines) is 1. The van der Waals surface area contributed by atoms with E-state index in [4.69, 9.17) is 4.74 Å². The first kappa shape index (κ1) is 18.4. The van der Waals surface area contributed by atoms with Gasteiger partial charge in [-0.1, -0.05) is 0 Å². The van der Waals surface area contributed by atoms with Crippen molar-refractivity contribution in [3.05, 3.63) is 29.8 Å². The second kappa shape index (κ2) is 8.34. The number of ether oxygens (including phenoxy) is 1. The Bertz CT molecular complexity index is 671. The van der Waals surface area contributed by atoms with E-state index in [2.05, 4.69) is 0 Å². The molecule has 6 nitrogen and oxygen atoms in total. The van der Waals surface area contributed by atoms with Crippen molar-refractivity contribution in [2.45, 2.75) is 51.5 Å². The largest absolute Gasteiger partial charge is 0.466 e. The van der Waals surface area contributed by atoms with Crippen molar-refractivity contribution in [3.63, 3.8) is 0 Å². The van der Waals surface area contributed by atoms with Gasteiger partial charge in [-0.15, -0.1) is 0 Å². The van der Waals surface area contributed by atoms with Crippen LogP contribution in [0.4, 0.5) is 5.69 Å². The molecule has 2 aliphatic heterocycles. The number of amides is 2. The fraction of sp³-hybridized carbons (Fsp3) is 0.550. The van der Waals surface area contributed by atoms with Gasteiger partial charge < -0.3 is 14.5 Å². The second-order valence-electron chi connectivity index (χ2n) is 6.85. The molecule has 2 amide bonds. The van der Waals surface area contributed by atoms with Crippen LogP contribution >= 0.6 is 0 Å². The van der Waals surface area contributed by atoms with Gasteiger partial charge in [0.05, 0.1) is 13.0 Å². The van der Waals surface area contributed by atoms with Crippen LogP contribution in [-0.2, 0) is 14.3 Å². The zero-order chi connectivity index (χ0) is 18.5. The number of rotatable bonds is 5. The van der Waals surface area contributed by atoms with Gasteiger partial charge in [0.2, 0.25) is 5.91 Å². The lowest BCUT2D eigenvalue weighted by atomic mass is 9.98. The van der Waals surface area contributed by atoms with E-state index in [1.54, 1.807) is 28.9 Å². The first-order valence-corrected chi connectivity index (χ1v) is 9.47. The maximum atomic E-state index is 12.9. The van der Waals surface area contributed by atoms with E-state index in [0.717, 1.165) is 37.9 Å². The van der Waals surface area contributed by atoms with E-state index >= 15 is 0 Å². The summed E-state index contributed by atoms with van der Waals surface area (Å²) in [7, 11) is 0. The molecule has 0 saturated carbocycles. The highest BCUT2D eigenvalue weighted by Gasteiger charge is 2.30. The summed E-state index contributed by atoms with van der Waals surface area (Å²) in [6.45, 7) is 3.54. The number of esters is 1. The lowest BCUT2D eigenvalue weighted by Gasteiger charge is -2.35. The molecule has 6 heteroatoms. The van der Waals surface area contributed by atoms with E-state index in [0.29, 0.717) is 25.1 Å². The Labute approximate surface area is 154 Å². The Hall–Kier alpha value is -2.37. The Morgan fingerprint density at radius 3 is 2.54 bits per heavy atom. The SMILES string of the molecule is CCOC(=O)C[C@H]1CCCCN1C(=O)c1ccc(N2CCCC2=O)cc1. The fourth-order valence-corrected chi connectivity index (χ4v) is 3.76. The Morgan fingerprint density at radius 1 is 1.12 bits per heavy atom. The summed E-state index contributed by atoms with van der Waals surface area (Å²) >= 11 is 0. The lowest BCUT2D eigenvalue weighted by molar-refractivity contribution is -0.144. The Morgan fingerprint density at radius 2 is 1.88 bits per heavy atom. The number of nitrogens with zero attached hydrogens (tertiary/aromatic N) is 2. The monoisotopic (exact) mass is 358 g/mol. The van der Waals surface area contributed by atoms with E-state index in [1.165, 1.54) is 0 Å². The van der Waals surface area contributed by atoms with E-state index in [1.807, 2.05) is 12.1 Å². The predicted octanol–water partition coefficient (Wildman–Crippen LogP) is 2.76. The fourth-order valence-electron chi connectivity index (χ4n) is 3.76. The maximum absolute atomic E-state index is 12.9. The van der Waals surface area contributed by atoms with Gasteiger partial charge in [0.25, 0.3) is 5.91 Å². The summed E-state index contributed by atoms with van der Waals surface area (Å²) in [5.41, 5.74) is 1.43. The van der Waals surface area contributed by atoms with Crippen molar-refractivity contribution in [3.8, 4) is 0 Å². The zero-order valence-electron chi connectivity index (χ0n) is 15.3. The Kier molecular flexibility index (Phi) is 5.91. The molecule has 0 bridgehead atoms. The van der Waals surface area contributed by atoms with Gasteiger partial charge in [-0.25, -0.2) is 0 Å². The van der Waals surface area contributed by atoms with Crippen LogP contribution in [0.3, 0.4) is 0 Å². The topological polar surface area (TPSA) is 66.9 Å². The first-order valence-electron chi connectivity index (χ1n) is 9.47. The first-order chi connectivity index (χ1) is 12.6. The minimum atomic E-state index is -0.250. The molecule has 1 aromatic rings. The standard InChI is InChI=1S/C20H26N2O4/c1-2-26-19(24)14-17-6-3-4-12-22(17)20(25)15-8-10-16(11-9-15)21-13-5-7-18(21)23/h8-11,17H,2-7,12-14H2,1H3/t17-/m1/s1. The molecule has 140 valence electrons. The number of benzene rings is 1. The van der Waals surface area contributed by atoms with Gasteiger partial charge in [0.1, 0.15) is 0 Å². The van der Waals surface area contributed by atoms with Crippen LogP contribution in [0, 0.1) is 0 Å². The highest BCUT2D eigenvalue weighted by Crippen LogP contribution is 2.25. The number of anilines is 1. The van der Waals surface area contributed by atoms with Crippen LogP contribution in [-0.4, -0.2) is 48.4 Å². The summed E-state index contributed by atoms with van der Waals surface area (Å²) in [6.07, 6.45) is 4.51. The molecule has 2 aliphatic rings. The van der Waals surface area contributed by atoms with Crippen LogP contribution < -0.4 is 4.90 Å². The predicted molar refractivity (Wildman–Crippen MR) is 98.0 cm³/mol. The number of hydrogen-bond acceptors (Lipinski definition) is 4. The van der Waals surface area contributed by atoms with Crippen LogP contribution in [0.15, 0.2) is 24.3 Å². The molecule has 0 radical (unpaired) electrons. The highest BCUT2D eigenvalue weighted by atomic mass is 16.5. The summed E-state index contributed by atoms with van der Waals surface area (Å²) in [5.74, 6) is -0.173. The molecule has 1 atom stereocenters. The van der Waals surface area contributed by atoms with Gasteiger partial charge in [0, 0.05) is 36.8 Å². The molecule has 1 aromatic carbocycles. The van der Waals surface area contributed by atoms with Crippen molar-refractivity contribution in [2.24, 2.45) is 0 Å². The van der Waals surface area contributed by atoms with Gasteiger partial charge in [-0.3, -0.25) is 14.4 Å². The van der Waals surface area contributed by atoms with Gasteiger partial charge in [-0.2, -0.15) is 0 Å². The molecule has 0 N–H and O–H groups in total. The molecular formula is C20H26N2O4. The second-order valence-corrected chi connectivity index (χ2v) is 6.85. The third-order valence-electron chi connectivity index (χ3n) is 5.09. The van der Waals surface area contributed by atoms with Gasteiger partial charge in [-0.05, 0) is 56.9 Å². The number of piperidine rings is 1. The molecular weight excluding hydrogens is 332 g/mol. The van der Waals surface area contributed by atoms with Gasteiger partial charge in [0.15, 0.2) is 0 Å². The molecule has 0 unspecified atom stereocenters. The number of carbonyl (C=O) groups excluding carboxylic acids is 3. The van der Waals surface area contributed by atoms with Crippen LogP contribution in [0.2, 0.25) is 0 Å². The van der Waals surface area contributed by atoms with Crippen molar-refractivity contribution in [2.75, 3.05) is 24.6 Å². The molecule has 3 rings (SSSR count). The highest BCUT2D eigenvalue weighted by molar-refractivity contribution is 5.97. The molecule has 2 fully saturated rings. The quantitative estimate of drug-likeness (QED) is 0.759. The average molecular weight is 358 g/mol. The van der Waals surface area contributed by atoms with E-state index in [-0.39, 0.29) is 30.2 Å². The smallest absolute Gasteiger partial charge is 0.307 e. The Balaban J connectivity index is 1.70.